The Labute approximate surface area is 114 Å². The second-order valence-corrected chi connectivity index (χ2v) is 6.05. The van der Waals surface area contributed by atoms with Crippen LogP contribution in [0.15, 0.2) is 23.1 Å². The molecule has 0 aliphatic heterocycles. The third-order valence-electron chi connectivity index (χ3n) is 2.72. The SMILES string of the molecule is CCCCNS(=O)(=O)c1ccc(F)c(CNCC)c1. The lowest BCUT2D eigenvalue weighted by Gasteiger charge is -2.09. The first-order chi connectivity index (χ1) is 9.01. The summed E-state index contributed by atoms with van der Waals surface area (Å²) in [5.41, 5.74) is 0.361. The summed E-state index contributed by atoms with van der Waals surface area (Å²) in [6.45, 7) is 5.32. The molecular formula is C13H21FN2O2S. The van der Waals surface area contributed by atoms with Gasteiger partial charge in [0.15, 0.2) is 0 Å². The van der Waals surface area contributed by atoms with Gasteiger partial charge in [0.05, 0.1) is 4.90 Å². The van der Waals surface area contributed by atoms with Gasteiger partial charge in [-0.2, -0.15) is 0 Å². The maximum atomic E-state index is 13.5. The van der Waals surface area contributed by atoms with E-state index in [-0.39, 0.29) is 4.90 Å². The molecule has 4 nitrogen and oxygen atoms in total. The van der Waals surface area contributed by atoms with Gasteiger partial charge >= 0.3 is 0 Å². The van der Waals surface area contributed by atoms with E-state index in [0.29, 0.717) is 25.2 Å². The Morgan fingerprint density at radius 3 is 2.63 bits per heavy atom. The summed E-state index contributed by atoms with van der Waals surface area (Å²) in [5, 5.41) is 2.98. The lowest BCUT2D eigenvalue weighted by molar-refractivity contribution is 0.574. The largest absolute Gasteiger partial charge is 0.313 e. The zero-order chi connectivity index (χ0) is 14.3. The van der Waals surface area contributed by atoms with Crippen molar-refractivity contribution in [3.63, 3.8) is 0 Å². The number of sulfonamides is 1. The Morgan fingerprint density at radius 1 is 1.26 bits per heavy atom. The molecule has 1 rings (SSSR count). The smallest absolute Gasteiger partial charge is 0.240 e. The maximum Gasteiger partial charge on any atom is 0.240 e. The first-order valence-electron chi connectivity index (χ1n) is 6.50. The van der Waals surface area contributed by atoms with Crippen LogP contribution in [0.1, 0.15) is 32.3 Å². The Morgan fingerprint density at radius 2 is 2.00 bits per heavy atom. The zero-order valence-electron chi connectivity index (χ0n) is 11.4. The maximum absolute atomic E-state index is 13.5. The predicted molar refractivity (Wildman–Crippen MR) is 73.9 cm³/mol. The standard InChI is InChI=1S/C13H21FN2O2S/c1-3-5-8-16-19(17,18)12-6-7-13(14)11(9-12)10-15-4-2/h6-7,9,15-16H,3-5,8,10H2,1-2H3. The van der Waals surface area contributed by atoms with Crippen LogP contribution in [0, 0.1) is 5.82 Å². The van der Waals surface area contributed by atoms with Crippen molar-refractivity contribution in [2.24, 2.45) is 0 Å². The van der Waals surface area contributed by atoms with E-state index in [0.717, 1.165) is 12.8 Å². The second kappa shape index (κ2) is 7.57. The van der Waals surface area contributed by atoms with E-state index in [1.54, 1.807) is 0 Å². The lowest BCUT2D eigenvalue weighted by Crippen LogP contribution is -2.25. The van der Waals surface area contributed by atoms with Gasteiger partial charge in [0, 0.05) is 18.7 Å². The fourth-order valence-electron chi connectivity index (χ4n) is 1.58. The van der Waals surface area contributed by atoms with Crippen molar-refractivity contribution in [2.75, 3.05) is 13.1 Å². The van der Waals surface area contributed by atoms with E-state index in [1.807, 2.05) is 13.8 Å². The first kappa shape index (κ1) is 16.1. The average molecular weight is 288 g/mol. The molecule has 0 aliphatic carbocycles. The Kier molecular flexibility index (Phi) is 6.41. The highest BCUT2D eigenvalue weighted by atomic mass is 32.2. The molecule has 0 radical (unpaired) electrons. The highest BCUT2D eigenvalue weighted by Crippen LogP contribution is 2.15. The van der Waals surface area contributed by atoms with E-state index >= 15 is 0 Å². The minimum absolute atomic E-state index is 0.109. The molecule has 0 unspecified atom stereocenters. The van der Waals surface area contributed by atoms with Gasteiger partial charge in [-0.25, -0.2) is 17.5 Å². The minimum Gasteiger partial charge on any atom is -0.313 e. The number of benzene rings is 1. The normalized spacial score (nSPS) is 11.7. The topological polar surface area (TPSA) is 58.2 Å². The molecule has 6 heteroatoms. The predicted octanol–water partition coefficient (Wildman–Crippen LogP) is 2.01. The van der Waals surface area contributed by atoms with E-state index in [1.165, 1.54) is 18.2 Å². The number of hydrogen-bond donors (Lipinski definition) is 2. The monoisotopic (exact) mass is 288 g/mol. The fraction of sp³-hybridized carbons (Fsp3) is 0.538. The summed E-state index contributed by atoms with van der Waals surface area (Å²) in [7, 11) is -3.54. The van der Waals surface area contributed by atoms with Crippen LogP contribution in [-0.4, -0.2) is 21.5 Å². The highest BCUT2D eigenvalue weighted by molar-refractivity contribution is 7.89. The van der Waals surface area contributed by atoms with E-state index in [4.69, 9.17) is 0 Å². The van der Waals surface area contributed by atoms with E-state index in [9.17, 15) is 12.8 Å². The number of rotatable bonds is 8. The highest BCUT2D eigenvalue weighted by Gasteiger charge is 2.15. The van der Waals surface area contributed by atoms with Gasteiger partial charge in [0.2, 0.25) is 10.0 Å². The molecule has 0 atom stereocenters. The van der Waals surface area contributed by atoms with Gasteiger partial charge < -0.3 is 5.32 Å². The van der Waals surface area contributed by atoms with Gasteiger partial charge in [-0.3, -0.25) is 0 Å². The molecule has 0 heterocycles. The van der Waals surface area contributed by atoms with Crippen molar-refractivity contribution in [2.45, 2.75) is 38.1 Å². The number of nitrogens with one attached hydrogen (secondary N) is 2. The lowest BCUT2D eigenvalue weighted by atomic mass is 10.2. The van der Waals surface area contributed by atoms with Gasteiger partial charge in [-0.15, -0.1) is 0 Å². The first-order valence-corrected chi connectivity index (χ1v) is 7.98. The Balaban J connectivity index is 2.88. The summed E-state index contributed by atoms with van der Waals surface area (Å²) < 4.78 is 40.0. The zero-order valence-corrected chi connectivity index (χ0v) is 12.2. The molecule has 0 bridgehead atoms. The third-order valence-corrected chi connectivity index (χ3v) is 4.17. The molecule has 1 aromatic carbocycles. The molecule has 0 aliphatic rings. The number of halogens is 1. The third kappa shape index (κ3) is 4.89. The average Bonchev–Trinajstić information content (AvgIpc) is 2.37. The Bertz CT molecular complexity index is 503. The molecule has 2 N–H and O–H groups in total. The minimum atomic E-state index is -3.54. The summed E-state index contributed by atoms with van der Waals surface area (Å²) >= 11 is 0. The van der Waals surface area contributed by atoms with Gasteiger partial charge in [0.25, 0.3) is 0 Å². The van der Waals surface area contributed by atoms with Crippen LogP contribution in [0.3, 0.4) is 0 Å². The molecule has 0 saturated carbocycles. The van der Waals surface area contributed by atoms with Crippen molar-refractivity contribution in [1.29, 1.82) is 0 Å². The molecule has 0 aromatic heterocycles. The van der Waals surface area contributed by atoms with Crippen LogP contribution < -0.4 is 10.0 Å². The van der Waals surface area contributed by atoms with Crippen molar-refractivity contribution < 1.29 is 12.8 Å². The van der Waals surface area contributed by atoms with Crippen LogP contribution in [0.5, 0.6) is 0 Å². The fourth-order valence-corrected chi connectivity index (χ4v) is 2.70. The van der Waals surface area contributed by atoms with Crippen LogP contribution >= 0.6 is 0 Å². The molecule has 0 spiro atoms. The van der Waals surface area contributed by atoms with Crippen molar-refractivity contribution in [3.05, 3.63) is 29.6 Å². The quantitative estimate of drug-likeness (QED) is 0.720. The van der Waals surface area contributed by atoms with Gasteiger partial charge in [0.1, 0.15) is 5.82 Å². The molecule has 1 aromatic rings. The molecule has 0 amide bonds. The van der Waals surface area contributed by atoms with Crippen molar-refractivity contribution >= 4 is 10.0 Å². The molecule has 0 saturated heterocycles. The van der Waals surface area contributed by atoms with Crippen LogP contribution in [0.25, 0.3) is 0 Å². The van der Waals surface area contributed by atoms with Gasteiger partial charge in [-0.05, 0) is 31.2 Å². The Hall–Kier alpha value is -0.980. The van der Waals surface area contributed by atoms with Crippen LogP contribution in [0.2, 0.25) is 0 Å². The summed E-state index contributed by atoms with van der Waals surface area (Å²) in [4.78, 5) is 0.109. The van der Waals surface area contributed by atoms with E-state index in [2.05, 4.69) is 10.0 Å². The second-order valence-electron chi connectivity index (χ2n) is 4.28. The number of hydrogen-bond acceptors (Lipinski definition) is 3. The molecule has 0 fully saturated rings. The van der Waals surface area contributed by atoms with E-state index < -0.39 is 15.8 Å². The van der Waals surface area contributed by atoms with Crippen LogP contribution in [0.4, 0.5) is 4.39 Å². The number of unbranched alkanes of at least 4 members (excludes halogenated alkanes) is 1. The van der Waals surface area contributed by atoms with Gasteiger partial charge in [-0.1, -0.05) is 20.3 Å². The van der Waals surface area contributed by atoms with Crippen molar-refractivity contribution in [1.82, 2.24) is 10.0 Å². The summed E-state index contributed by atoms with van der Waals surface area (Å²) in [6.07, 6.45) is 1.70. The molecular weight excluding hydrogens is 267 g/mol. The van der Waals surface area contributed by atoms with Crippen LogP contribution in [-0.2, 0) is 16.6 Å². The summed E-state index contributed by atoms with van der Waals surface area (Å²) in [6, 6.07) is 3.87. The summed E-state index contributed by atoms with van der Waals surface area (Å²) in [5.74, 6) is -0.395. The molecule has 108 valence electrons. The molecule has 19 heavy (non-hydrogen) atoms. The van der Waals surface area contributed by atoms with Crippen molar-refractivity contribution in [3.8, 4) is 0 Å².